The van der Waals surface area contributed by atoms with Crippen LogP contribution in [0.4, 0.5) is 5.69 Å². The molecule has 2 aromatic rings. The number of nitro groups is 1. The molecule has 0 bridgehead atoms. The van der Waals surface area contributed by atoms with Crippen molar-refractivity contribution in [2.45, 2.75) is 13.8 Å². The number of halogens is 2. The summed E-state index contributed by atoms with van der Waals surface area (Å²) in [6, 6.07) is 9.23. The van der Waals surface area contributed by atoms with E-state index in [9.17, 15) is 14.9 Å². The molecule has 6 nitrogen and oxygen atoms in total. The SMILES string of the molecule is C/C(=N/NC(=O)c1ccc(Cl)cc1Cl)c1ccc(C)c([N+](=O)[O-])c1. The third-order valence-corrected chi connectivity index (χ3v) is 3.87. The molecule has 24 heavy (non-hydrogen) atoms. The van der Waals surface area contributed by atoms with Crippen molar-refractivity contribution in [2.75, 3.05) is 0 Å². The van der Waals surface area contributed by atoms with E-state index in [1.807, 2.05) is 0 Å². The summed E-state index contributed by atoms with van der Waals surface area (Å²) in [6.07, 6.45) is 0. The van der Waals surface area contributed by atoms with Crippen LogP contribution in [-0.4, -0.2) is 16.5 Å². The van der Waals surface area contributed by atoms with Crippen molar-refractivity contribution in [1.82, 2.24) is 5.43 Å². The Hall–Kier alpha value is -2.44. The van der Waals surface area contributed by atoms with Crippen molar-refractivity contribution in [1.29, 1.82) is 0 Å². The molecule has 2 rings (SSSR count). The van der Waals surface area contributed by atoms with E-state index in [-0.39, 0.29) is 16.3 Å². The van der Waals surface area contributed by atoms with Gasteiger partial charge in [-0.1, -0.05) is 35.3 Å². The van der Waals surface area contributed by atoms with Gasteiger partial charge in [0.05, 0.1) is 21.2 Å². The van der Waals surface area contributed by atoms with Crippen molar-refractivity contribution in [3.8, 4) is 0 Å². The molecule has 0 heterocycles. The van der Waals surface area contributed by atoms with Crippen LogP contribution in [-0.2, 0) is 0 Å². The number of carbonyl (C=O) groups excluding carboxylic acids is 1. The van der Waals surface area contributed by atoms with E-state index in [0.717, 1.165) is 0 Å². The fourth-order valence-electron chi connectivity index (χ4n) is 1.96. The van der Waals surface area contributed by atoms with Gasteiger partial charge in [0.1, 0.15) is 0 Å². The van der Waals surface area contributed by atoms with E-state index >= 15 is 0 Å². The topological polar surface area (TPSA) is 84.6 Å². The summed E-state index contributed by atoms with van der Waals surface area (Å²) in [5, 5.41) is 15.6. The lowest BCUT2D eigenvalue weighted by Gasteiger charge is -2.06. The molecular formula is C16H13Cl2N3O3. The number of nitrogens with one attached hydrogen (secondary N) is 1. The van der Waals surface area contributed by atoms with E-state index in [2.05, 4.69) is 10.5 Å². The van der Waals surface area contributed by atoms with Gasteiger partial charge in [-0.15, -0.1) is 0 Å². The van der Waals surface area contributed by atoms with Crippen molar-refractivity contribution < 1.29 is 9.72 Å². The highest BCUT2D eigenvalue weighted by atomic mass is 35.5. The van der Waals surface area contributed by atoms with Gasteiger partial charge in [0.15, 0.2) is 0 Å². The van der Waals surface area contributed by atoms with Crippen molar-refractivity contribution in [3.05, 3.63) is 73.2 Å². The van der Waals surface area contributed by atoms with Crippen LogP contribution < -0.4 is 5.43 Å². The number of amides is 1. The molecule has 0 fully saturated rings. The standard InChI is InChI=1S/C16H13Cl2N3O3/c1-9-3-4-11(7-15(9)21(23)24)10(2)19-20-16(22)13-6-5-12(17)8-14(13)18/h3-8H,1-2H3,(H,20,22)/b19-10-. The van der Waals surface area contributed by atoms with Crippen LogP contribution in [0, 0.1) is 17.0 Å². The summed E-state index contributed by atoms with van der Waals surface area (Å²) < 4.78 is 0. The fourth-order valence-corrected chi connectivity index (χ4v) is 2.46. The predicted molar refractivity (Wildman–Crippen MR) is 94.0 cm³/mol. The Labute approximate surface area is 148 Å². The number of rotatable bonds is 4. The molecule has 2 aromatic carbocycles. The van der Waals surface area contributed by atoms with Gasteiger partial charge in [-0.05, 0) is 32.0 Å². The molecule has 1 N–H and O–H groups in total. The van der Waals surface area contributed by atoms with E-state index in [0.29, 0.717) is 21.9 Å². The Bertz CT molecular complexity index is 850. The number of aryl methyl sites for hydroxylation is 1. The first kappa shape index (κ1) is 17.9. The van der Waals surface area contributed by atoms with Gasteiger partial charge in [-0.2, -0.15) is 5.10 Å². The highest BCUT2D eigenvalue weighted by Gasteiger charge is 2.13. The van der Waals surface area contributed by atoms with E-state index in [4.69, 9.17) is 23.2 Å². The second-order valence-electron chi connectivity index (χ2n) is 5.02. The molecule has 1 amide bonds. The van der Waals surface area contributed by atoms with Crippen LogP contribution >= 0.6 is 23.2 Å². The lowest BCUT2D eigenvalue weighted by Crippen LogP contribution is -2.19. The Kier molecular flexibility index (Phi) is 5.54. The van der Waals surface area contributed by atoms with Gasteiger partial charge in [0, 0.05) is 22.2 Å². The van der Waals surface area contributed by atoms with E-state index in [1.54, 1.807) is 32.0 Å². The average Bonchev–Trinajstić information content (AvgIpc) is 2.52. The molecule has 0 radical (unpaired) electrons. The third-order valence-electron chi connectivity index (χ3n) is 3.32. The summed E-state index contributed by atoms with van der Waals surface area (Å²) in [7, 11) is 0. The lowest BCUT2D eigenvalue weighted by molar-refractivity contribution is -0.385. The normalized spacial score (nSPS) is 11.2. The van der Waals surface area contributed by atoms with Crippen LogP contribution in [0.5, 0.6) is 0 Å². The molecule has 0 saturated carbocycles. The second kappa shape index (κ2) is 7.42. The second-order valence-corrected chi connectivity index (χ2v) is 5.86. The quantitative estimate of drug-likeness (QED) is 0.496. The molecule has 0 aromatic heterocycles. The first-order chi connectivity index (χ1) is 11.3. The molecule has 0 aliphatic rings. The molecule has 124 valence electrons. The smallest absolute Gasteiger partial charge is 0.267 e. The van der Waals surface area contributed by atoms with Crippen molar-refractivity contribution in [2.24, 2.45) is 5.10 Å². The molecular weight excluding hydrogens is 353 g/mol. The molecule has 0 saturated heterocycles. The van der Waals surface area contributed by atoms with Crippen LogP contribution in [0.1, 0.15) is 28.4 Å². The van der Waals surface area contributed by atoms with Gasteiger partial charge >= 0.3 is 0 Å². The summed E-state index contributed by atoms with van der Waals surface area (Å²) in [5.74, 6) is -0.502. The van der Waals surface area contributed by atoms with Crippen LogP contribution in [0.3, 0.4) is 0 Å². The molecule has 8 heteroatoms. The third kappa shape index (κ3) is 4.10. The minimum Gasteiger partial charge on any atom is -0.267 e. The van der Waals surface area contributed by atoms with Gasteiger partial charge in [-0.3, -0.25) is 14.9 Å². The van der Waals surface area contributed by atoms with Crippen molar-refractivity contribution >= 4 is 40.5 Å². The zero-order valence-corrected chi connectivity index (χ0v) is 14.4. The molecule has 0 aliphatic heterocycles. The van der Waals surface area contributed by atoms with E-state index < -0.39 is 10.8 Å². The number of nitrogens with zero attached hydrogens (tertiary/aromatic N) is 2. The minimum absolute atomic E-state index is 0.00544. The van der Waals surface area contributed by atoms with Gasteiger partial charge in [-0.25, -0.2) is 5.43 Å². The average molecular weight is 366 g/mol. The van der Waals surface area contributed by atoms with Gasteiger partial charge < -0.3 is 0 Å². The number of nitro benzene ring substituents is 1. The number of hydrogen-bond acceptors (Lipinski definition) is 4. The maximum absolute atomic E-state index is 12.1. The Morgan fingerprint density at radius 1 is 1.21 bits per heavy atom. The van der Waals surface area contributed by atoms with Crippen LogP contribution in [0.15, 0.2) is 41.5 Å². The molecule has 0 unspecified atom stereocenters. The Balaban J connectivity index is 2.21. The summed E-state index contributed by atoms with van der Waals surface area (Å²) in [5.41, 5.74) is 4.11. The monoisotopic (exact) mass is 365 g/mol. The van der Waals surface area contributed by atoms with Gasteiger partial charge in [0.25, 0.3) is 11.6 Å². The maximum atomic E-state index is 12.1. The largest absolute Gasteiger partial charge is 0.272 e. The zero-order valence-electron chi connectivity index (χ0n) is 12.8. The Morgan fingerprint density at radius 3 is 2.54 bits per heavy atom. The first-order valence-electron chi connectivity index (χ1n) is 6.84. The van der Waals surface area contributed by atoms with Gasteiger partial charge in [0.2, 0.25) is 0 Å². The van der Waals surface area contributed by atoms with E-state index in [1.165, 1.54) is 18.2 Å². The summed E-state index contributed by atoms with van der Waals surface area (Å²) >= 11 is 11.7. The molecule has 0 atom stereocenters. The number of benzene rings is 2. The number of hydrogen-bond donors (Lipinski definition) is 1. The fraction of sp³-hybridized carbons (Fsp3) is 0.125. The molecule has 0 aliphatic carbocycles. The number of hydrazone groups is 1. The zero-order chi connectivity index (χ0) is 17.9. The summed E-state index contributed by atoms with van der Waals surface area (Å²) in [6.45, 7) is 3.29. The highest BCUT2D eigenvalue weighted by Crippen LogP contribution is 2.21. The maximum Gasteiger partial charge on any atom is 0.272 e. The Morgan fingerprint density at radius 2 is 1.92 bits per heavy atom. The van der Waals surface area contributed by atoms with Crippen LogP contribution in [0.2, 0.25) is 10.0 Å². The summed E-state index contributed by atoms with van der Waals surface area (Å²) in [4.78, 5) is 22.6. The predicted octanol–water partition coefficient (Wildman–Crippen LogP) is 4.36. The minimum atomic E-state index is -0.502. The lowest BCUT2D eigenvalue weighted by atomic mass is 10.1. The highest BCUT2D eigenvalue weighted by molar-refractivity contribution is 6.36. The van der Waals surface area contributed by atoms with Crippen LogP contribution in [0.25, 0.3) is 0 Å². The van der Waals surface area contributed by atoms with Crippen molar-refractivity contribution in [3.63, 3.8) is 0 Å². The first-order valence-corrected chi connectivity index (χ1v) is 7.60. The number of carbonyl (C=O) groups is 1. The molecule has 0 spiro atoms.